The highest BCUT2D eigenvalue weighted by Crippen LogP contribution is 2.42. The van der Waals surface area contributed by atoms with Crippen LogP contribution in [0.4, 0.5) is 5.69 Å². The van der Waals surface area contributed by atoms with Crippen molar-refractivity contribution in [3.8, 4) is 39.7 Å². The number of hydrogen-bond acceptors (Lipinski definition) is 5. The van der Waals surface area contributed by atoms with E-state index in [0.29, 0.717) is 28.6 Å². The Morgan fingerprint density at radius 3 is 2.38 bits per heavy atom. The van der Waals surface area contributed by atoms with E-state index in [1.165, 1.54) is 6.92 Å². The van der Waals surface area contributed by atoms with E-state index in [1.807, 2.05) is 80.6 Å². The maximum Gasteiger partial charge on any atom is 0.309 e. The first kappa shape index (κ1) is 21.2. The van der Waals surface area contributed by atoms with Crippen LogP contribution in [0.5, 0.6) is 11.6 Å². The molecule has 0 fully saturated rings. The third kappa shape index (κ3) is 3.95. The van der Waals surface area contributed by atoms with Gasteiger partial charge in [-0.1, -0.05) is 36.4 Å². The molecule has 0 bridgehead atoms. The number of ether oxygens (including phenoxy) is 2. The largest absolute Gasteiger partial charge is 0.497 e. The molecule has 0 atom stereocenters. The Morgan fingerprint density at radius 2 is 1.69 bits per heavy atom. The lowest BCUT2D eigenvalue weighted by Crippen LogP contribution is -2.09. The Balaban J connectivity index is 2.08. The first-order valence-electron chi connectivity index (χ1n) is 10.3. The van der Waals surface area contributed by atoms with Crippen LogP contribution in [-0.2, 0) is 4.79 Å². The van der Waals surface area contributed by atoms with Gasteiger partial charge in [0.15, 0.2) is 0 Å². The van der Waals surface area contributed by atoms with E-state index in [1.54, 1.807) is 11.8 Å². The minimum absolute atomic E-state index is 0.355. The standard InChI is InChI=1S/C26H25N3O3/c1-16-7-5-10-23(17(16)2)29-26(32-18(3)30)24(19-11-13-21(27)14-12-19)25(28-29)20-8-6-9-22(15-20)31-4/h5-15H,27H2,1-4H3. The van der Waals surface area contributed by atoms with Crippen molar-refractivity contribution in [3.63, 3.8) is 0 Å². The van der Waals surface area contributed by atoms with E-state index in [2.05, 4.69) is 0 Å². The number of anilines is 1. The number of carbonyl (C=O) groups is 1. The number of methoxy groups -OCH3 is 1. The molecular weight excluding hydrogens is 402 g/mol. The second-order valence-corrected chi connectivity index (χ2v) is 7.61. The Hall–Kier alpha value is -4.06. The smallest absolute Gasteiger partial charge is 0.309 e. The number of aryl methyl sites for hydroxylation is 1. The van der Waals surface area contributed by atoms with Crippen molar-refractivity contribution < 1.29 is 14.3 Å². The fourth-order valence-corrected chi connectivity index (χ4v) is 3.64. The summed E-state index contributed by atoms with van der Waals surface area (Å²) in [6.45, 7) is 5.45. The number of esters is 1. The van der Waals surface area contributed by atoms with Gasteiger partial charge in [0, 0.05) is 18.2 Å². The molecule has 0 saturated heterocycles. The van der Waals surface area contributed by atoms with Crippen molar-refractivity contribution in [2.45, 2.75) is 20.8 Å². The average Bonchev–Trinajstić information content (AvgIpc) is 3.14. The summed E-state index contributed by atoms with van der Waals surface area (Å²) in [4.78, 5) is 12.1. The fourth-order valence-electron chi connectivity index (χ4n) is 3.64. The maximum atomic E-state index is 12.1. The van der Waals surface area contributed by atoms with Gasteiger partial charge >= 0.3 is 5.97 Å². The normalized spacial score (nSPS) is 10.8. The van der Waals surface area contributed by atoms with Crippen molar-refractivity contribution in [1.29, 1.82) is 0 Å². The second-order valence-electron chi connectivity index (χ2n) is 7.61. The summed E-state index contributed by atoms with van der Waals surface area (Å²) in [5, 5.41) is 4.93. The molecule has 4 rings (SSSR count). The molecule has 0 spiro atoms. The minimum atomic E-state index is -0.426. The van der Waals surface area contributed by atoms with Gasteiger partial charge in [0.2, 0.25) is 5.88 Å². The van der Waals surface area contributed by atoms with Gasteiger partial charge in [0.1, 0.15) is 11.4 Å². The van der Waals surface area contributed by atoms with E-state index >= 15 is 0 Å². The highest BCUT2D eigenvalue weighted by Gasteiger charge is 2.25. The lowest BCUT2D eigenvalue weighted by Gasteiger charge is -2.12. The third-order valence-electron chi connectivity index (χ3n) is 5.43. The zero-order valence-electron chi connectivity index (χ0n) is 18.5. The molecular formula is C26H25N3O3. The Morgan fingerprint density at radius 1 is 0.969 bits per heavy atom. The zero-order valence-corrected chi connectivity index (χ0v) is 18.5. The molecule has 0 aliphatic heterocycles. The predicted octanol–water partition coefficient (Wildman–Crippen LogP) is 5.34. The third-order valence-corrected chi connectivity index (χ3v) is 5.43. The first-order chi connectivity index (χ1) is 15.4. The SMILES string of the molecule is COc1cccc(-c2nn(-c3cccc(C)c3C)c(OC(C)=O)c2-c2ccc(N)cc2)c1. The van der Waals surface area contributed by atoms with Crippen LogP contribution in [0.15, 0.2) is 66.7 Å². The number of nitrogen functional groups attached to an aromatic ring is 1. The molecule has 3 aromatic carbocycles. The van der Waals surface area contributed by atoms with Crippen LogP contribution in [0.1, 0.15) is 18.1 Å². The summed E-state index contributed by atoms with van der Waals surface area (Å²) < 4.78 is 12.9. The van der Waals surface area contributed by atoms with E-state index in [4.69, 9.17) is 20.3 Å². The van der Waals surface area contributed by atoms with Gasteiger partial charge in [0.05, 0.1) is 18.4 Å². The van der Waals surface area contributed by atoms with Crippen LogP contribution >= 0.6 is 0 Å². The van der Waals surface area contributed by atoms with E-state index in [-0.39, 0.29) is 0 Å². The summed E-state index contributed by atoms with van der Waals surface area (Å²) in [5.74, 6) is 0.639. The van der Waals surface area contributed by atoms with Crippen LogP contribution in [0.3, 0.4) is 0 Å². The number of nitrogens with zero attached hydrogens (tertiary/aromatic N) is 2. The van der Waals surface area contributed by atoms with Gasteiger partial charge < -0.3 is 15.2 Å². The minimum Gasteiger partial charge on any atom is -0.497 e. The number of aromatic nitrogens is 2. The molecule has 0 radical (unpaired) electrons. The van der Waals surface area contributed by atoms with Crippen molar-refractivity contribution >= 4 is 11.7 Å². The Kier molecular flexibility index (Phi) is 5.69. The molecule has 6 nitrogen and oxygen atoms in total. The molecule has 1 aromatic heterocycles. The van der Waals surface area contributed by atoms with Crippen LogP contribution < -0.4 is 15.2 Å². The topological polar surface area (TPSA) is 79.4 Å². The monoisotopic (exact) mass is 427 g/mol. The van der Waals surface area contributed by atoms with Crippen molar-refractivity contribution in [2.24, 2.45) is 0 Å². The van der Waals surface area contributed by atoms with Gasteiger partial charge in [0.25, 0.3) is 0 Å². The molecule has 0 amide bonds. The molecule has 4 aromatic rings. The van der Waals surface area contributed by atoms with Gasteiger partial charge in [-0.05, 0) is 60.9 Å². The summed E-state index contributed by atoms with van der Waals surface area (Å²) in [6, 6.07) is 21.0. The lowest BCUT2D eigenvalue weighted by molar-refractivity contribution is -0.132. The molecule has 162 valence electrons. The molecule has 0 unspecified atom stereocenters. The van der Waals surface area contributed by atoms with Gasteiger partial charge in [-0.2, -0.15) is 9.78 Å². The Bertz CT molecular complexity index is 1290. The van der Waals surface area contributed by atoms with E-state index in [0.717, 1.165) is 27.9 Å². The number of benzene rings is 3. The van der Waals surface area contributed by atoms with Crippen molar-refractivity contribution in [2.75, 3.05) is 12.8 Å². The van der Waals surface area contributed by atoms with E-state index in [9.17, 15) is 4.79 Å². The first-order valence-corrected chi connectivity index (χ1v) is 10.3. The highest BCUT2D eigenvalue weighted by atomic mass is 16.5. The van der Waals surface area contributed by atoms with Gasteiger partial charge in [-0.15, -0.1) is 0 Å². The number of nitrogens with two attached hydrogens (primary N) is 1. The maximum absolute atomic E-state index is 12.1. The average molecular weight is 428 g/mol. The van der Waals surface area contributed by atoms with Crippen LogP contribution in [0.2, 0.25) is 0 Å². The Labute approximate surface area is 187 Å². The zero-order chi connectivity index (χ0) is 22.8. The predicted molar refractivity (Wildman–Crippen MR) is 126 cm³/mol. The molecule has 2 N–H and O–H groups in total. The number of carbonyl (C=O) groups excluding carboxylic acids is 1. The molecule has 0 aliphatic rings. The highest BCUT2D eigenvalue weighted by molar-refractivity contribution is 5.88. The van der Waals surface area contributed by atoms with Crippen LogP contribution in [-0.4, -0.2) is 22.9 Å². The number of rotatable bonds is 5. The van der Waals surface area contributed by atoms with Crippen LogP contribution in [0, 0.1) is 13.8 Å². The van der Waals surface area contributed by atoms with Gasteiger partial charge in [-0.3, -0.25) is 4.79 Å². The summed E-state index contributed by atoms with van der Waals surface area (Å²) in [6.07, 6.45) is 0. The summed E-state index contributed by atoms with van der Waals surface area (Å²) >= 11 is 0. The molecule has 32 heavy (non-hydrogen) atoms. The van der Waals surface area contributed by atoms with Crippen LogP contribution in [0.25, 0.3) is 28.1 Å². The summed E-state index contributed by atoms with van der Waals surface area (Å²) in [7, 11) is 1.62. The molecule has 1 heterocycles. The van der Waals surface area contributed by atoms with Gasteiger partial charge in [-0.25, -0.2) is 0 Å². The quantitative estimate of drug-likeness (QED) is 0.344. The molecule has 0 aliphatic carbocycles. The van der Waals surface area contributed by atoms with Crippen molar-refractivity contribution in [1.82, 2.24) is 9.78 Å². The summed E-state index contributed by atoms with van der Waals surface area (Å²) in [5.41, 5.74) is 12.6. The van der Waals surface area contributed by atoms with E-state index < -0.39 is 5.97 Å². The second kappa shape index (κ2) is 8.59. The molecule has 0 saturated carbocycles. The number of hydrogen-bond donors (Lipinski definition) is 1. The fraction of sp³-hybridized carbons (Fsp3) is 0.154. The lowest BCUT2D eigenvalue weighted by atomic mass is 10.0. The molecule has 6 heteroatoms. The van der Waals surface area contributed by atoms with Crippen molar-refractivity contribution in [3.05, 3.63) is 77.9 Å².